The van der Waals surface area contributed by atoms with Crippen molar-refractivity contribution in [3.05, 3.63) is 0 Å². The molecule has 0 aromatic heterocycles. The molecule has 1 aliphatic rings. The molecule has 0 aliphatic heterocycles. The Hall–Kier alpha value is -0.0400. The summed E-state index contributed by atoms with van der Waals surface area (Å²) in [6, 6.07) is 0. The Labute approximate surface area is 50.7 Å². The van der Waals surface area contributed by atoms with Crippen LogP contribution < -0.4 is 0 Å². The van der Waals surface area contributed by atoms with Gasteiger partial charge in [-0.25, -0.2) is 0 Å². The molecule has 0 spiro atoms. The van der Waals surface area contributed by atoms with Crippen molar-refractivity contribution in [1.29, 1.82) is 0 Å². The molecule has 1 aliphatic carbocycles. The van der Waals surface area contributed by atoms with Crippen LogP contribution in [0, 0.1) is 5.92 Å². The Kier molecular flexibility index (Phi) is 1.90. The van der Waals surface area contributed by atoms with Gasteiger partial charge in [0.1, 0.15) is 0 Å². The van der Waals surface area contributed by atoms with Gasteiger partial charge in [0, 0.05) is 0 Å². The molecule has 0 aromatic carbocycles. The summed E-state index contributed by atoms with van der Waals surface area (Å²) in [4.78, 5) is 0. The average Bonchev–Trinajstić information content (AvgIpc) is 1.64. The standard InChI is InChI=1S/C7H14O/c1-6-3-2-4-7(8)5-6/h6-8H,2-5H2,1H3/t6-,7-/m1/s1. The van der Waals surface area contributed by atoms with Gasteiger partial charge in [-0.05, 0) is 18.8 Å². The van der Waals surface area contributed by atoms with Crippen molar-refractivity contribution in [1.82, 2.24) is 0 Å². The SMILES string of the molecule is C[C@@H]1CCC[C@@H](O)C1. The van der Waals surface area contributed by atoms with Gasteiger partial charge in [-0.1, -0.05) is 19.8 Å². The predicted molar refractivity (Wildman–Crippen MR) is 33.6 cm³/mol. The fourth-order valence-electron chi connectivity index (χ4n) is 1.40. The maximum Gasteiger partial charge on any atom is 0.0542 e. The molecule has 0 radical (unpaired) electrons. The van der Waals surface area contributed by atoms with E-state index < -0.39 is 0 Å². The molecule has 2 atom stereocenters. The maximum absolute atomic E-state index is 9.08. The van der Waals surface area contributed by atoms with E-state index in [1.165, 1.54) is 12.8 Å². The Balaban J connectivity index is 2.23. The minimum Gasteiger partial charge on any atom is -0.393 e. The third-order valence-corrected chi connectivity index (χ3v) is 1.91. The molecule has 8 heavy (non-hydrogen) atoms. The highest BCUT2D eigenvalue weighted by Gasteiger charge is 2.15. The first kappa shape index (κ1) is 6.09. The average molecular weight is 114 g/mol. The number of hydrogen-bond donors (Lipinski definition) is 1. The fraction of sp³-hybridized carbons (Fsp3) is 1.00. The van der Waals surface area contributed by atoms with Gasteiger partial charge in [0.15, 0.2) is 0 Å². The molecule has 1 saturated carbocycles. The number of aliphatic hydroxyl groups is 1. The number of hydrogen-bond acceptors (Lipinski definition) is 1. The second kappa shape index (κ2) is 2.49. The summed E-state index contributed by atoms with van der Waals surface area (Å²) >= 11 is 0. The van der Waals surface area contributed by atoms with Crippen LogP contribution in [0.1, 0.15) is 32.6 Å². The summed E-state index contributed by atoms with van der Waals surface area (Å²) < 4.78 is 0. The summed E-state index contributed by atoms with van der Waals surface area (Å²) in [6.45, 7) is 2.21. The van der Waals surface area contributed by atoms with Gasteiger partial charge in [0.2, 0.25) is 0 Å². The van der Waals surface area contributed by atoms with E-state index in [4.69, 9.17) is 5.11 Å². The lowest BCUT2D eigenvalue weighted by Crippen LogP contribution is -2.16. The normalized spacial score (nSPS) is 39.8. The maximum atomic E-state index is 9.08. The van der Waals surface area contributed by atoms with Crippen LogP contribution in [0.25, 0.3) is 0 Å². The van der Waals surface area contributed by atoms with Crippen LogP contribution in [-0.2, 0) is 0 Å². The van der Waals surface area contributed by atoms with E-state index in [2.05, 4.69) is 6.92 Å². The highest BCUT2D eigenvalue weighted by atomic mass is 16.3. The molecular formula is C7H14O. The van der Waals surface area contributed by atoms with Crippen molar-refractivity contribution < 1.29 is 5.11 Å². The lowest BCUT2D eigenvalue weighted by Gasteiger charge is -2.21. The van der Waals surface area contributed by atoms with Crippen LogP contribution in [-0.4, -0.2) is 11.2 Å². The zero-order chi connectivity index (χ0) is 5.98. The van der Waals surface area contributed by atoms with Crippen LogP contribution in [0.4, 0.5) is 0 Å². The van der Waals surface area contributed by atoms with Gasteiger partial charge < -0.3 is 5.11 Å². The van der Waals surface area contributed by atoms with Gasteiger partial charge in [-0.3, -0.25) is 0 Å². The molecule has 0 aromatic rings. The minimum atomic E-state index is 0.0127. The summed E-state index contributed by atoms with van der Waals surface area (Å²) in [5.41, 5.74) is 0. The van der Waals surface area contributed by atoms with Gasteiger partial charge >= 0.3 is 0 Å². The Morgan fingerprint density at radius 1 is 1.38 bits per heavy atom. The summed E-state index contributed by atoms with van der Waals surface area (Å²) in [5, 5.41) is 9.08. The van der Waals surface area contributed by atoms with E-state index in [9.17, 15) is 0 Å². The Bertz CT molecular complexity index is 62.8. The Morgan fingerprint density at radius 2 is 2.12 bits per heavy atom. The second-order valence-corrected chi connectivity index (χ2v) is 2.93. The molecule has 1 heteroatoms. The minimum absolute atomic E-state index is 0.0127. The van der Waals surface area contributed by atoms with E-state index in [1.807, 2.05) is 0 Å². The van der Waals surface area contributed by atoms with Gasteiger partial charge in [0.25, 0.3) is 0 Å². The third kappa shape index (κ3) is 1.48. The monoisotopic (exact) mass is 114 g/mol. The second-order valence-electron chi connectivity index (χ2n) is 2.93. The van der Waals surface area contributed by atoms with Gasteiger partial charge in [0.05, 0.1) is 6.10 Å². The first-order chi connectivity index (χ1) is 3.79. The number of aliphatic hydroxyl groups excluding tert-OH is 1. The van der Waals surface area contributed by atoms with E-state index >= 15 is 0 Å². The van der Waals surface area contributed by atoms with E-state index in [-0.39, 0.29) is 6.10 Å². The molecule has 1 fully saturated rings. The summed E-state index contributed by atoms with van der Waals surface area (Å²) in [5.74, 6) is 0.763. The molecule has 48 valence electrons. The van der Waals surface area contributed by atoms with Crippen molar-refractivity contribution in [3.63, 3.8) is 0 Å². The lowest BCUT2D eigenvalue weighted by molar-refractivity contribution is 0.106. The van der Waals surface area contributed by atoms with E-state index in [0.29, 0.717) is 0 Å². The Morgan fingerprint density at radius 3 is 2.50 bits per heavy atom. The predicted octanol–water partition coefficient (Wildman–Crippen LogP) is 1.56. The molecule has 0 bridgehead atoms. The number of rotatable bonds is 0. The third-order valence-electron chi connectivity index (χ3n) is 1.91. The van der Waals surface area contributed by atoms with Crippen molar-refractivity contribution in [2.24, 2.45) is 5.92 Å². The first-order valence-electron chi connectivity index (χ1n) is 3.47. The van der Waals surface area contributed by atoms with Crippen molar-refractivity contribution in [2.45, 2.75) is 38.7 Å². The van der Waals surface area contributed by atoms with Crippen molar-refractivity contribution >= 4 is 0 Å². The summed E-state index contributed by atoms with van der Waals surface area (Å²) in [6.07, 6.45) is 4.61. The smallest absolute Gasteiger partial charge is 0.0542 e. The van der Waals surface area contributed by atoms with Crippen LogP contribution in [0.5, 0.6) is 0 Å². The molecule has 0 unspecified atom stereocenters. The van der Waals surface area contributed by atoms with Crippen LogP contribution in [0.15, 0.2) is 0 Å². The highest BCUT2D eigenvalue weighted by Crippen LogP contribution is 2.22. The topological polar surface area (TPSA) is 20.2 Å². The van der Waals surface area contributed by atoms with E-state index in [0.717, 1.165) is 18.8 Å². The zero-order valence-electron chi connectivity index (χ0n) is 5.43. The molecule has 0 heterocycles. The quantitative estimate of drug-likeness (QED) is 0.506. The van der Waals surface area contributed by atoms with Crippen LogP contribution in [0.3, 0.4) is 0 Å². The lowest BCUT2D eigenvalue weighted by atomic mass is 9.89. The largest absolute Gasteiger partial charge is 0.393 e. The zero-order valence-corrected chi connectivity index (χ0v) is 5.43. The molecule has 0 amide bonds. The molecular weight excluding hydrogens is 100 g/mol. The molecule has 1 N–H and O–H groups in total. The van der Waals surface area contributed by atoms with Gasteiger partial charge in [-0.2, -0.15) is 0 Å². The van der Waals surface area contributed by atoms with E-state index in [1.54, 1.807) is 0 Å². The van der Waals surface area contributed by atoms with Crippen LogP contribution in [0.2, 0.25) is 0 Å². The summed E-state index contributed by atoms with van der Waals surface area (Å²) in [7, 11) is 0. The molecule has 1 rings (SSSR count). The first-order valence-corrected chi connectivity index (χ1v) is 3.47. The molecule has 0 saturated heterocycles. The van der Waals surface area contributed by atoms with Crippen LogP contribution >= 0.6 is 0 Å². The van der Waals surface area contributed by atoms with Crippen molar-refractivity contribution in [2.75, 3.05) is 0 Å². The fourth-order valence-corrected chi connectivity index (χ4v) is 1.40. The van der Waals surface area contributed by atoms with Gasteiger partial charge in [-0.15, -0.1) is 0 Å². The molecule has 1 nitrogen and oxygen atoms in total. The highest BCUT2D eigenvalue weighted by molar-refractivity contribution is 4.67. The van der Waals surface area contributed by atoms with Crippen molar-refractivity contribution in [3.8, 4) is 0 Å².